The topological polar surface area (TPSA) is 15.8 Å². The van der Waals surface area contributed by atoms with Crippen LogP contribution < -0.4 is 0 Å². The second kappa shape index (κ2) is 7.06. The zero-order valence-electron chi connectivity index (χ0n) is 6.95. The van der Waals surface area contributed by atoms with Gasteiger partial charge in [0.05, 0.1) is 0 Å². The van der Waals surface area contributed by atoms with Crippen LogP contribution in [-0.2, 0) is 19.5 Å². The number of hydrogen-bond donors (Lipinski definition) is 1. The predicted octanol–water partition coefficient (Wildman–Crippen LogP) is 2.51. The molecule has 1 aromatic rings. The molecule has 1 aliphatic rings. The van der Waals surface area contributed by atoms with Crippen molar-refractivity contribution in [3.8, 4) is 0 Å². The van der Waals surface area contributed by atoms with E-state index >= 15 is 0 Å². The van der Waals surface area contributed by atoms with Crippen molar-refractivity contribution in [1.82, 2.24) is 4.98 Å². The van der Waals surface area contributed by atoms with Gasteiger partial charge in [0.25, 0.3) is 0 Å². The van der Waals surface area contributed by atoms with Gasteiger partial charge in [-0.3, -0.25) is 6.08 Å². The Morgan fingerprint density at radius 1 is 1.50 bits per heavy atom. The molecule has 1 nitrogen and oxygen atoms in total. The Hall–Kier alpha value is -0.617. The van der Waals surface area contributed by atoms with Crippen molar-refractivity contribution in [2.75, 3.05) is 0 Å². The van der Waals surface area contributed by atoms with Crippen molar-refractivity contribution in [3.05, 3.63) is 48.3 Å². The second-order valence-corrected chi connectivity index (χ2v) is 2.28. The molecule has 0 spiro atoms. The molecule has 12 heavy (non-hydrogen) atoms. The third-order valence-corrected chi connectivity index (χ3v) is 1.31. The molecule has 1 N–H and O–H groups in total. The molecule has 0 saturated heterocycles. The molecule has 64 valence electrons. The Kier molecular flexibility index (Phi) is 6.69. The van der Waals surface area contributed by atoms with Gasteiger partial charge in [-0.05, 0) is 0 Å². The number of H-pyrrole nitrogens is 1. The van der Waals surface area contributed by atoms with Gasteiger partial charge in [-0.2, -0.15) is 24.4 Å². The third kappa shape index (κ3) is 5.09. The fourth-order valence-electron chi connectivity index (χ4n) is 0.755. The molecule has 0 atom stereocenters. The molecular formula is C10H11NRu. The normalized spacial score (nSPS) is 12.6. The van der Waals surface area contributed by atoms with Crippen molar-refractivity contribution in [2.45, 2.75) is 13.3 Å². The fourth-order valence-corrected chi connectivity index (χ4v) is 0.755. The number of allylic oxidation sites excluding steroid dienone is 4. The van der Waals surface area contributed by atoms with Gasteiger partial charge >= 0.3 is 19.5 Å². The van der Waals surface area contributed by atoms with Crippen molar-refractivity contribution >= 4 is 0 Å². The van der Waals surface area contributed by atoms with Gasteiger partial charge in [-0.15, -0.1) is 12.6 Å². The summed E-state index contributed by atoms with van der Waals surface area (Å²) in [6.07, 6.45) is 12.9. The monoisotopic (exact) mass is 247 g/mol. The molecular weight excluding hydrogens is 235 g/mol. The van der Waals surface area contributed by atoms with Crippen LogP contribution in [0.3, 0.4) is 0 Å². The van der Waals surface area contributed by atoms with Crippen molar-refractivity contribution in [2.24, 2.45) is 0 Å². The van der Waals surface area contributed by atoms with E-state index in [1.54, 1.807) is 0 Å². The van der Waals surface area contributed by atoms with Gasteiger partial charge in [0.1, 0.15) is 0 Å². The Labute approximate surface area is 86.3 Å². The summed E-state index contributed by atoms with van der Waals surface area (Å²) >= 11 is 0. The minimum Gasteiger partial charge on any atom is -0.484 e. The molecule has 0 amide bonds. The summed E-state index contributed by atoms with van der Waals surface area (Å²) < 4.78 is 0. The summed E-state index contributed by atoms with van der Waals surface area (Å²) in [5, 5.41) is 0. The van der Waals surface area contributed by atoms with E-state index in [1.807, 2.05) is 18.3 Å². The van der Waals surface area contributed by atoms with E-state index in [-0.39, 0.29) is 19.5 Å². The van der Waals surface area contributed by atoms with E-state index < -0.39 is 0 Å². The van der Waals surface area contributed by atoms with Gasteiger partial charge in [0.15, 0.2) is 0 Å². The molecule has 2 rings (SSSR count). The van der Waals surface area contributed by atoms with Crippen molar-refractivity contribution < 1.29 is 19.5 Å². The molecule has 0 aliphatic heterocycles. The van der Waals surface area contributed by atoms with Crippen LogP contribution in [0.5, 0.6) is 0 Å². The van der Waals surface area contributed by atoms with E-state index in [0.29, 0.717) is 0 Å². The summed E-state index contributed by atoms with van der Waals surface area (Å²) in [5.41, 5.74) is 1.27. The van der Waals surface area contributed by atoms with E-state index in [4.69, 9.17) is 0 Å². The first-order valence-corrected chi connectivity index (χ1v) is 3.63. The summed E-state index contributed by atoms with van der Waals surface area (Å²) in [5.74, 6) is 0. The minimum absolute atomic E-state index is 0. The molecule has 2 heteroatoms. The molecule has 0 unspecified atom stereocenters. The largest absolute Gasteiger partial charge is 2.00 e. The first kappa shape index (κ1) is 11.4. The number of rotatable bonds is 0. The predicted molar refractivity (Wildman–Crippen MR) is 45.8 cm³/mol. The zero-order valence-corrected chi connectivity index (χ0v) is 8.69. The Balaban J connectivity index is 0.000000189. The molecule has 0 fully saturated rings. The second-order valence-electron chi connectivity index (χ2n) is 2.28. The molecule has 0 aromatic carbocycles. The van der Waals surface area contributed by atoms with Gasteiger partial charge in [0, 0.05) is 0 Å². The van der Waals surface area contributed by atoms with Gasteiger partial charge in [-0.25, -0.2) is 11.6 Å². The number of hydrogen-bond acceptors (Lipinski definition) is 0. The fraction of sp³-hybridized carbons (Fsp3) is 0.200. The van der Waals surface area contributed by atoms with Crippen LogP contribution in [0.2, 0.25) is 0 Å². The van der Waals surface area contributed by atoms with Gasteiger partial charge < -0.3 is 4.98 Å². The van der Waals surface area contributed by atoms with Gasteiger partial charge in [-0.1, -0.05) is 6.92 Å². The molecule has 1 aromatic heterocycles. The van der Waals surface area contributed by atoms with E-state index in [2.05, 4.69) is 36.3 Å². The average molecular weight is 246 g/mol. The van der Waals surface area contributed by atoms with E-state index in [1.165, 1.54) is 5.57 Å². The van der Waals surface area contributed by atoms with Crippen LogP contribution in [0.25, 0.3) is 0 Å². The summed E-state index contributed by atoms with van der Waals surface area (Å²) in [7, 11) is 0. The Bertz CT molecular complexity index is 214. The SMILES string of the molecule is CC1=[C-]CC=C1.[Ru+2].[c-]1ccc[nH]1. The average Bonchev–Trinajstić information content (AvgIpc) is 2.57. The number of aromatic nitrogens is 1. The maximum Gasteiger partial charge on any atom is 2.00 e. The van der Waals surface area contributed by atoms with E-state index in [0.717, 1.165) is 6.42 Å². The minimum atomic E-state index is 0. The van der Waals surface area contributed by atoms with Crippen molar-refractivity contribution in [1.29, 1.82) is 0 Å². The van der Waals surface area contributed by atoms with Crippen LogP contribution in [0.15, 0.2) is 36.1 Å². The Morgan fingerprint density at radius 2 is 2.33 bits per heavy atom. The maximum atomic E-state index is 3.12. The van der Waals surface area contributed by atoms with E-state index in [9.17, 15) is 0 Å². The number of nitrogens with one attached hydrogen (secondary N) is 1. The molecule has 1 aliphatic carbocycles. The van der Waals surface area contributed by atoms with Gasteiger partial charge in [0.2, 0.25) is 0 Å². The quantitative estimate of drug-likeness (QED) is 0.535. The molecule has 0 saturated carbocycles. The zero-order chi connectivity index (χ0) is 7.94. The smallest absolute Gasteiger partial charge is 0.484 e. The van der Waals surface area contributed by atoms with Crippen LogP contribution in [-0.4, -0.2) is 4.98 Å². The van der Waals surface area contributed by atoms with Crippen LogP contribution in [0.1, 0.15) is 13.3 Å². The van der Waals surface area contributed by atoms with Crippen molar-refractivity contribution in [3.63, 3.8) is 0 Å². The Morgan fingerprint density at radius 3 is 2.50 bits per heavy atom. The van der Waals surface area contributed by atoms with Crippen LogP contribution in [0, 0.1) is 12.3 Å². The standard InChI is InChI=1S/C6H7.C4H4N.Ru/c1-6-4-2-3-5-6;1-2-4-5-3-1;/h2,4H,3H2,1H3;1-3,5H;/q2*-1;+2. The molecule has 0 radical (unpaired) electrons. The summed E-state index contributed by atoms with van der Waals surface area (Å²) in [6.45, 7) is 2.06. The maximum absolute atomic E-state index is 3.12. The first-order chi connectivity index (χ1) is 5.39. The molecule has 0 bridgehead atoms. The first-order valence-electron chi connectivity index (χ1n) is 3.63. The van der Waals surface area contributed by atoms with Crippen LogP contribution in [0.4, 0.5) is 0 Å². The number of aromatic amines is 1. The van der Waals surface area contributed by atoms with Crippen LogP contribution >= 0.6 is 0 Å². The molecule has 1 heterocycles. The third-order valence-electron chi connectivity index (χ3n) is 1.31. The summed E-state index contributed by atoms with van der Waals surface area (Å²) in [6, 6.07) is 3.71. The summed E-state index contributed by atoms with van der Waals surface area (Å²) in [4.78, 5) is 2.74.